The van der Waals surface area contributed by atoms with E-state index in [4.69, 9.17) is 14.2 Å². The van der Waals surface area contributed by atoms with Crippen LogP contribution < -0.4 is 19.8 Å². The van der Waals surface area contributed by atoms with Gasteiger partial charge in [0.15, 0.2) is 11.5 Å². The monoisotopic (exact) mass is 444 g/mol. The molecule has 170 valence electrons. The third-order valence-corrected chi connectivity index (χ3v) is 5.38. The van der Waals surface area contributed by atoms with Crippen molar-refractivity contribution in [3.8, 4) is 28.6 Å². The summed E-state index contributed by atoms with van der Waals surface area (Å²) < 4.78 is 17.2. The lowest BCUT2D eigenvalue weighted by Gasteiger charge is -2.19. The number of ether oxygens (including phenoxy) is 3. The molecular weight excluding hydrogens is 416 g/mol. The smallest absolute Gasteiger partial charge is 0.259 e. The molecule has 0 atom stereocenters. The van der Waals surface area contributed by atoms with Gasteiger partial charge in [0.25, 0.3) is 5.56 Å². The van der Waals surface area contributed by atoms with Crippen LogP contribution in [0.25, 0.3) is 22.3 Å². The Bertz CT molecular complexity index is 1300. The molecule has 1 N–H and O–H groups in total. The zero-order chi connectivity index (χ0) is 23.4. The molecule has 0 aliphatic heterocycles. The number of methoxy groups -OCH3 is 1. The number of hydrogen-bond acceptors (Lipinski definition) is 5. The Labute approximate surface area is 193 Å². The Morgan fingerprint density at radius 3 is 2.33 bits per heavy atom. The first kappa shape index (κ1) is 22.4. The molecule has 0 radical (unpaired) electrons. The summed E-state index contributed by atoms with van der Waals surface area (Å²) >= 11 is 0. The van der Waals surface area contributed by atoms with Crippen molar-refractivity contribution < 1.29 is 14.2 Å². The van der Waals surface area contributed by atoms with Gasteiger partial charge in [0.1, 0.15) is 24.8 Å². The maximum absolute atomic E-state index is 12.4. The van der Waals surface area contributed by atoms with E-state index in [0.717, 1.165) is 11.3 Å². The first-order valence-electron chi connectivity index (χ1n) is 10.9. The Balaban J connectivity index is 1.42. The van der Waals surface area contributed by atoms with Gasteiger partial charge in [-0.3, -0.25) is 4.79 Å². The van der Waals surface area contributed by atoms with Gasteiger partial charge in [-0.05, 0) is 53.4 Å². The lowest BCUT2D eigenvalue weighted by Crippen LogP contribution is -2.12. The van der Waals surface area contributed by atoms with Gasteiger partial charge in [-0.15, -0.1) is 0 Å². The number of nitrogens with one attached hydrogen (secondary N) is 1. The molecule has 33 heavy (non-hydrogen) atoms. The van der Waals surface area contributed by atoms with Crippen LogP contribution >= 0.6 is 0 Å². The summed E-state index contributed by atoms with van der Waals surface area (Å²) in [6, 6.07) is 20.8. The van der Waals surface area contributed by atoms with Gasteiger partial charge < -0.3 is 19.2 Å². The van der Waals surface area contributed by atoms with E-state index < -0.39 is 0 Å². The molecule has 4 aromatic rings. The van der Waals surface area contributed by atoms with Crippen LogP contribution in [0.5, 0.6) is 17.2 Å². The lowest BCUT2D eigenvalue weighted by atomic mass is 9.87. The predicted molar refractivity (Wildman–Crippen MR) is 130 cm³/mol. The number of H-pyrrole nitrogens is 1. The summed E-state index contributed by atoms with van der Waals surface area (Å²) in [5, 5.41) is 0.557. The number of aromatic nitrogens is 2. The van der Waals surface area contributed by atoms with E-state index in [0.29, 0.717) is 41.4 Å². The minimum atomic E-state index is -0.178. The molecule has 0 amide bonds. The number of para-hydroxylation sites is 1. The zero-order valence-corrected chi connectivity index (χ0v) is 19.3. The van der Waals surface area contributed by atoms with Crippen molar-refractivity contribution in [3.05, 3.63) is 82.6 Å². The molecule has 1 aromatic heterocycles. The molecule has 0 fully saturated rings. The van der Waals surface area contributed by atoms with Gasteiger partial charge in [-0.1, -0.05) is 45.0 Å². The molecule has 1 heterocycles. The van der Waals surface area contributed by atoms with Gasteiger partial charge in [-0.2, -0.15) is 0 Å². The highest BCUT2D eigenvalue weighted by Crippen LogP contribution is 2.31. The van der Waals surface area contributed by atoms with Gasteiger partial charge >= 0.3 is 0 Å². The maximum atomic E-state index is 12.4. The summed E-state index contributed by atoms with van der Waals surface area (Å²) in [6.45, 7) is 7.32. The van der Waals surface area contributed by atoms with Crippen LogP contribution in [0.1, 0.15) is 26.3 Å². The second-order valence-electron chi connectivity index (χ2n) is 8.77. The average molecular weight is 445 g/mol. The quantitative estimate of drug-likeness (QED) is 0.389. The van der Waals surface area contributed by atoms with E-state index in [1.807, 2.05) is 42.5 Å². The molecule has 0 aliphatic rings. The van der Waals surface area contributed by atoms with E-state index in [1.54, 1.807) is 19.2 Å². The summed E-state index contributed by atoms with van der Waals surface area (Å²) in [4.78, 5) is 19.8. The van der Waals surface area contributed by atoms with Gasteiger partial charge in [-0.25, -0.2) is 4.98 Å². The molecular formula is C27H28N2O4. The fourth-order valence-electron chi connectivity index (χ4n) is 3.52. The Hall–Kier alpha value is -3.80. The lowest BCUT2D eigenvalue weighted by molar-refractivity contribution is 0.211. The Kier molecular flexibility index (Phi) is 6.36. The maximum Gasteiger partial charge on any atom is 0.259 e. The number of aromatic amines is 1. The van der Waals surface area contributed by atoms with Crippen LogP contribution in [0.15, 0.2) is 71.5 Å². The second kappa shape index (κ2) is 9.36. The van der Waals surface area contributed by atoms with Crippen LogP contribution in [0.3, 0.4) is 0 Å². The fraction of sp³-hybridized carbons (Fsp3) is 0.259. The van der Waals surface area contributed by atoms with Crippen LogP contribution in [0, 0.1) is 0 Å². The van der Waals surface area contributed by atoms with Gasteiger partial charge in [0, 0.05) is 5.56 Å². The zero-order valence-electron chi connectivity index (χ0n) is 19.3. The summed E-state index contributed by atoms with van der Waals surface area (Å²) in [5.74, 6) is 2.43. The minimum absolute atomic E-state index is 0.111. The van der Waals surface area contributed by atoms with Crippen molar-refractivity contribution in [1.82, 2.24) is 9.97 Å². The number of fused-ring (bicyclic) bond motifs is 1. The first-order valence-corrected chi connectivity index (χ1v) is 10.9. The van der Waals surface area contributed by atoms with Crippen LogP contribution in [0.4, 0.5) is 0 Å². The van der Waals surface area contributed by atoms with Crippen molar-refractivity contribution in [2.45, 2.75) is 26.2 Å². The molecule has 0 saturated heterocycles. The number of benzene rings is 3. The van der Waals surface area contributed by atoms with Crippen molar-refractivity contribution in [1.29, 1.82) is 0 Å². The highest BCUT2D eigenvalue weighted by atomic mass is 16.5. The van der Waals surface area contributed by atoms with Gasteiger partial charge in [0.2, 0.25) is 0 Å². The molecule has 4 rings (SSSR count). The Morgan fingerprint density at radius 2 is 1.61 bits per heavy atom. The standard InChI is InChI=1S/C27H28N2O4/c1-27(2,3)19-10-12-20(13-11-19)32-15-16-33-23-14-9-18(17-24(23)31-4)25-28-22-8-6-5-7-21(22)26(30)29-25/h5-14,17H,15-16H2,1-4H3,(H,28,29,30). The molecule has 6 nitrogen and oxygen atoms in total. The first-order chi connectivity index (χ1) is 15.8. The SMILES string of the molecule is COc1cc(-c2nc3ccccc3c(=O)[nH]2)ccc1OCCOc1ccc(C(C)(C)C)cc1. The van der Waals surface area contributed by atoms with E-state index in [-0.39, 0.29) is 11.0 Å². The van der Waals surface area contributed by atoms with E-state index in [9.17, 15) is 4.79 Å². The highest BCUT2D eigenvalue weighted by molar-refractivity contribution is 5.79. The summed E-state index contributed by atoms with van der Waals surface area (Å²) in [5.41, 5.74) is 2.57. The Morgan fingerprint density at radius 1 is 0.879 bits per heavy atom. The fourth-order valence-corrected chi connectivity index (χ4v) is 3.52. The normalized spacial score (nSPS) is 11.4. The molecule has 0 spiro atoms. The second-order valence-corrected chi connectivity index (χ2v) is 8.77. The van der Waals surface area contributed by atoms with Crippen LogP contribution in [-0.2, 0) is 5.41 Å². The van der Waals surface area contributed by atoms with Crippen molar-refractivity contribution in [2.24, 2.45) is 0 Å². The third kappa shape index (κ3) is 5.17. The number of hydrogen-bond donors (Lipinski definition) is 1. The molecule has 3 aromatic carbocycles. The predicted octanol–water partition coefficient (Wildman–Crippen LogP) is 5.35. The van der Waals surface area contributed by atoms with Crippen LogP contribution in [0.2, 0.25) is 0 Å². The molecule has 0 saturated carbocycles. The molecule has 0 bridgehead atoms. The van der Waals surface area contributed by atoms with Crippen molar-refractivity contribution >= 4 is 10.9 Å². The van der Waals surface area contributed by atoms with Crippen LogP contribution in [-0.4, -0.2) is 30.3 Å². The van der Waals surface area contributed by atoms with E-state index in [2.05, 4.69) is 42.9 Å². The molecule has 0 aliphatic carbocycles. The van der Waals surface area contributed by atoms with E-state index >= 15 is 0 Å². The van der Waals surface area contributed by atoms with E-state index in [1.165, 1.54) is 5.56 Å². The van der Waals surface area contributed by atoms with Gasteiger partial charge in [0.05, 0.1) is 18.0 Å². The van der Waals surface area contributed by atoms with Crippen molar-refractivity contribution in [2.75, 3.05) is 20.3 Å². The summed E-state index contributed by atoms with van der Waals surface area (Å²) in [6.07, 6.45) is 0. The molecule has 6 heteroatoms. The number of rotatable bonds is 7. The molecule has 0 unspecified atom stereocenters. The largest absolute Gasteiger partial charge is 0.493 e. The topological polar surface area (TPSA) is 73.4 Å². The highest BCUT2D eigenvalue weighted by Gasteiger charge is 2.13. The third-order valence-electron chi connectivity index (χ3n) is 5.38. The average Bonchev–Trinajstić information content (AvgIpc) is 2.81. The minimum Gasteiger partial charge on any atom is -0.493 e. The van der Waals surface area contributed by atoms with Crippen molar-refractivity contribution in [3.63, 3.8) is 0 Å². The number of nitrogens with zero attached hydrogens (tertiary/aromatic N) is 1. The summed E-state index contributed by atoms with van der Waals surface area (Å²) in [7, 11) is 1.58.